The number of rotatable bonds is 8. The summed E-state index contributed by atoms with van der Waals surface area (Å²) in [6.45, 7) is 3.48. The molecule has 1 atom stereocenters. The van der Waals surface area contributed by atoms with Crippen molar-refractivity contribution in [3.63, 3.8) is 0 Å². The van der Waals surface area contributed by atoms with E-state index in [1.807, 2.05) is 28.9 Å². The molecule has 1 saturated heterocycles. The van der Waals surface area contributed by atoms with Crippen molar-refractivity contribution >= 4 is 22.1 Å². The Morgan fingerprint density at radius 1 is 1.16 bits per heavy atom. The van der Waals surface area contributed by atoms with Crippen LogP contribution in [-0.4, -0.2) is 58.9 Å². The highest BCUT2D eigenvalue weighted by molar-refractivity contribution is 7.91. The number of aromatic nitrogens is 3. The van der Waals surface area contributed by atoms with Crippen molar-refractivity contribution in [3.05, 3.63) is 29.0 Å². The van der Waals surface area contributed by atoms with Crippen molar-refractivity contribution in [3.8, 4) is 17.1 Å². The zero-order valence-corrected chi connectivity index (χ0v) is 20.7. The highest BCUT2D eigenvalue weighted by Gasteiger charge is 2.33. The van der Waals surface area contributed by atoms with Gasteiger partial charge in [0.2, 0.25) is 0 Å². The molecule has 1 aromatic carbocycles. The van der Waals surface area contributed by atoms with Crippen molar-refractivity contribution in [2.45, 2.75) is 70.6 Å². The molecule has 0 spiro atoms. The molecule has 1 saturated carbocycles. The summed E-state index contributed by atoms with van der Waals surface area (Å²) in [6, 6.07) is 8.37. The maximum Gasteiger partial charge on any atom is 0.199 e. The fraction of sp³-hybridized carbons (Fsp3) is 0.652. The Balaban J connectivity index is 1.69. The van der Waals surface area contributed by atoms with Gasteiger partial charge in [0.05, 0.1) is 25.3 Å². The molecule has 0 amide bonds. The number of hydrogen-bond donors (Lipinski definition) is 0. The number of sulfone groups is 1. The van der Waals surface area contributed by atoms with Crippen LogP contribution in [0.1, 0.15) is 57.9 Å². The third-order valence-electron chi connectivity index (χ3n) is 6.71. The summed E-state index contributed by atoms with van der Waals surface area (Å²) >= 11 is 5.96. The average Bonchev–Trinajstić information content (AvgIpc) is 3.33. The Morgan fingerprint density at radius 2 is 1.88 bits per heavy atom. The van der Waals surface area contributed by atoms with E-state index in [0.29, 0.717) is 19.1 Å². The van der Waals surface area contributed by atoms with E-state index in [1.54, 1.807) is 7.11 Å². The molecule has 1 unspecified atom stereocenters. The lowest BCUT2D eigenvalue weighted by molar-refractivity contribution is 0.154. The van der Waals surface area contributed by atoms with Crippen LogP contribution in [0.2, 0.25) is 0 Å². The first-order valence-electron chi connectivity index (χ1n) is 11.7. The third kappa shape index (κ3) is 5.10. The zero-order chi connectivity index (χ0) is 22.7. The SMILES string of the molecule is CCCN(Cn1nc(-c2ccc(OC)cc2)n(C2CCCCC2)c1=S)C1CCS(=O)(=O)C1. The van der Waals surface area contributed by atoms with Gasteiger partial charge in [-0.15, -0.1) is 0 Å². The second-order valence-corrected chi connectivity index (χ2v) is 11.6. The van der Waals surface area contributed by atoms with Gasteiger partial charge in [-0.05, 0) is 68.7 Å². The van der Waals surface area contributed by atoms with Crippen LogP contribution in [0.25, 0.3) is 11.4 Å². The molecule has 2 heterocycles. The first kappa shape index (κ1) is 23.4. The molecule has 0 radical (unpaired) electrons. The molecule has 4 rings (SSSR count). The van der Waals surface area contributed by atoms with E-state index in [0.717, 1.165) is 47.7 Å². The summed E-state index contributed by atoms with van der Waals surface area (Å²) in [5.74, 6) is 2.21. The molecule has 1 aliphatic carbocycles. The van der Waals surface area contributed by atoms with Gasteiger partial charge in [-0.1, -0.05) is 26.2 Å². The summed E-state index contributed by atoms with van der Waals surface area (Å²) in [5.41, 5.74) is 1.02. The van der Waals surface area contributed by atoms with Gasteiger partial charge >= 0.3 is 0 Å². The van der Waals surface area contributed by atoms with E-state index in [4.69, 9.17) is 22.1 Å². The van der Waals surface area contributed by atoms with Gasteiger partial charge < -0.3 is 4.74 Å². The van der Waals surface area contributed by atoms with Gasteiger partial charge in [-0.25, -0.2) is 13.1 Å². The van der Waals surface area contributed by atoms with E-state index in [2.05, 4.69) is 16.4 Å². The number of ether oxygens (including phenoxy) is 1. The molecular formula is C23H34N4O3S2. The molecule has 1 aliphatic heterocycles. The minimum absolute atomic E-state index is 0.0334. The van der Waals surface area contributed by atoms with Crippen molar-refractivity contribution in [1.82, 2.24) is 19.2 Å². The monoisotopic (exact) mass is 478 g/mol. The van der Waals surface area contributed by atoms with Crippen LogP contribution >= 0.6 is 12.2 Å². The normalized spacial score (nSPS) is 21.3. The molecule has 2 aromatic rings. The maximum atomic E-state index is 12.1. The van der Waals surface area contributed by atoms with Gasteiger partial charge in [0, 0.05) is 17.6 Å². The number of hydrogen-bond acceptors (Lipinski definition) is 6. The smallest absolute Gasteiger partial charge is 0.199 e. The van der Waals surface area contributed by atoms with Crippen LogP contribution < -0.4 is 4.74 Å². The molecule has 0 N–H and O–H groups in total. The number of methoxy groups -OCH3 is 1. The summed E-state index contributed by atoms with van der Waals surface area (Å²) in [7, 11) is -1.28. The summed E-state index contributed by atoms with van der Waals surface area (Å²) < 4.78 is 34.4. The second kappa shape index (κ2) is 10.1. The number of benzene rings is 1. The zero-order valence-electron chi connectivity index (χ0n) is 19.1. The highest BCUT2D eigenvalue weighted by Crippen LogP contribution is 2.33. The molecule has 0 bridgehead atoms. The van der Waals surface area contributed by atoms with Gasteiger partial charge in [0.15, 0.2) is 20.4 Å². The molecule has 9 heteroatoms. The summed E-state index contributed by atoms with van der Waals surface area (Å²) in [6.07, 6.45) is 7.56. The van der Waals surface area contributed by atoms with Crippen LogP contribution in [0.4, 0.5) is 0 Å². The lowest BCUT2D eigenvalue weighted by atomic mass is 9.95. The topological polar surface area (TPSA) is 69.4 Å². The fourth-order valence-electron chi connectivity index (χ4n) is 5.01. The molecule has 32 heavy (non-hydrogen) atoms. The molecular weight excluding hydrogens is 444 g/mol. The molecule has 2 aliphatic rings. The van der Waals surface area contributed by atoms with Crippen LogP contribution in [0, 0.1) is 4.77 Å². The Labute approximate surface area is 196 Å². The van der Waals surface area contributed by atoms with E-state index in [9.17, 15) is 8.42 Å². The maximum absolute atomic E-state index is 12.1. The molecule has 7 nitrogen and oxygen atoms in total. The summed E-state index contributed by atoms with van der Waals surface area (Å²) in [4.78, 5) is 2.25. The van der Waals surface area contributed by atoms with Crippen LogP contribution in [0.3, 0.4) is 0 Å². The first-order valence-corrected chi connectivity index (χ1v) is 13.9. The Bertz CT molecular complexity index is 1070. The largest absolute Gasteiger partial charge is 0.497 e. The lowest BCUT2D eigenvalue weighted by Gasteiger charge is -2.27. The molecule has 1 aromatic heterocycles. The number of nitrogens with zero attached hydrogens (tertiary/aromatic N) is 4. The van der Waals surface area contributed by atoms with Crippen LogP contribution in [0.15, 0.2) is 24.3 Å². The Kier molecular flexibility index (Phi) is 7.37. The van der Waals surface area contributed by atoms with E-state index < -0.39 is 9.84 Å². The van der Waals surface area contributed by atoms with Gasteiger partial charge in [-0.3, -0.25) is 9.47 Å². The van der Waals surface area contributed by atoms with Gasteiger partial charge in [0.25, 0.3) is 0 Å². The minimum Gasteiger partial charge on any atom is -0.497 e. The predicted octanol–water partition coefficient (Wildman–Crippen LogP) is 4.45. The second-order valence-electron chi connectivity index (χ2n) is 9.01. The fourth-order valence-corrected chi connectivity index (χ4v) is 7.10. The van der Waals surface area contributed by atoms with Gasteiger partial charge in [-0.2, -0.15) is 5.10 Å². The van der Waals surface area contributed by atoms with Gasteiger partial charge in [0.1, 0.15) is 5.75 Å². The quantitative estimate of drug-likeness (QED) is 0.522. The van der Waals surface area contributed by atoms with E-state index in [-0.39, 0.29) is 17.5 Å². The standard InChI is InChI=1S/C23H34N4O3S2/c1-3-14-25(20-13-15-32(28,29)16-20)17-26-23(31)27(19-7-5-4-6-8-19)22(24-26)18-9-11-21(30-2)12-10-18/h9-12,19-20H,3-8,13-17H2,1-2H3. The summed E-state index contributed by atoms with van der Waals surface area (Å²) in [5, 5.41) is 4.98. The predicted molar refractivity (Wildman–Crippen MR) is 129 cm³/mol. The highest BCUT2D eigenvalue weighted by atomic mass is 32.2. The van der Waals surface area contributed by atoms with Crippen LogP contribution in [0.5, 0.6) is 5.75 Å². The van der Waals surface area contributed by atoms with Crippen molar-refractivity contribution in [1.29, 1.82) is 0 Å². The average molecular weight is 479 g/mol. The Morgan fingerprint density at radius 3 is 2.47 bits per heavy atom. The molecule has 176 valence electrons. The minimum atomic E-state index is -2.95. The molecule has 2 fully saturated rings. The first-order chi connectivity index (χ1) is 15.4. The Hall–Kier alpha value is -1.71. The van der Waals surface area contributed by atoms with E-state index >= 15 is 0 Å². The van der Waals surface area contributed by atoms with Crippen molar-refractivity contribution in [2.75, 3.05) is 25.2 Å². The van der Waals surface area contributed by atoms with Crippen molar-refractivity contribution < 1.29 is 13.2 Å². The third-order valence-corrected chi connectivity index (χ3v) is 8.87. The lowest BCUT2D eigenvalue weighted by Crippen LogP contribution is -2.38. The van der Waals surface area contributed by atoms with E-state index in [1.165, 1.54) is 19.3 Å². The van der Waals surface area contributed by atoms with Crippen molar-refractivity contribution in [2.24, 2.45) is 0 Å². The van der Waals surface area contributed by atoms with Crippen LogP contribution in [-0.2, 0) is 16.5 Å².